The van der Waals surface area contributed by atoms with Gasteiger partial charge in [0.1, 0.15) is 5.76 Å². The Labute approximate surface area is 165 Å². The highest BCUT2D eigenvalue weighted by Gasteiger charge is 2.12. The van der Waals surface area contributed by atoms with Gasteiger partial charge in [-0.3, -0.25) is 4.79 Å². The molecule has 136 valence electrons. The molecule has 2 heterocycles. The number of nitrogens with one attached hydrogen (secondary N) is 1. The van der Waals surface area contributed by atoms with E-state index in [2.05, 4.69) is 15.1 Å². The van der Waals surface area contributed by atoms with E-state index in [1.165, 1.54) is 6.21 Å². The Morgan fingerprint density at radius 2 is 1.74 bits per heavy atom. The molecule has 5 nitrogen and oxygen atoms in total. The van der Waals surface area contributed by atoms with E-state index < -0.39 is 0 Å². The van der Waals surface area contributed by atoms with Gasteiger partial charge in [-0.2, -0.15) is 5.10 Å². The first kappa shape index (κ1) is 17.6. The highest BCUT2D eigenvalue weighted by Crippen LogP contribution is 2.32. The number of hydrogen-bond donors (Lipinski definition) is 1. The minimum Gasteiger partial charge on any atom is -0.463 e. The van der Waals surface area contributed by atoms with Gasteiger partial charge >= 0.3 is 0 Å². The minimum atomic E-state index is -0.185. The predicted octanol–water partition coefficient (Wildman–Crippen LogP) is 5.23. The SMILES string of the molecule is O=C(CCn1c2ccc(Cl)cc2c2cc(Cl)ccc21)NN=Cc1ccco1. The Balaban J connectivity index is 1.56. The third kappa shape index (κ3) is 3.70. The van der Waals surface area contributed by atoms with Gasteiger partial charge in [0, 0.05) is 44.8 Å². The van der Waals surface area contributed by atoms with E-state index in [0.29, 0.717) is 22.4 Å². The molecule has 7 heteroatoms. The number of hydrazone groups is 1. The minimum absolute atomic E-state index is 0.185. The zero-order valence-corrected chi connectivity index (χ0v) is 15.7. The fourth-order valence-electron chi connectivity index (χ4n) is 3.09. The van der Waals surface area contributed by atoms with Gasteiger partial charge in [-0.1, -0.05) is 23.2 Å². The maximum atomic E-state index is 12.1. The lowest BCUT2D eigenvalue weighted by atomic mass is 10.1. The zero-order valence-electron chi connectivity index (χ0n) is 14.2. The smallest absolute Gasteiger partial charge is 0.241 e. The molecular weight excluding hydrogens is 385 g/mol. The Morgan fingerprint density at radius 1 is 1.07 bits per heavy atom. The number of hydrogen-bond acceptors (Lipinski definition) is 3. The van der Waals surface area contributed by atoms with Gasteiger partial charge < -0.3 is 8.98 Å². The van der Waals surface area contributed by atoms with Crippen molar-refractivity contribution >= 4 is 57.1 Å². The normalized spacial score (nSPS) is 11.6. The number of carbonyl (C=O) groups excluding carboxylic acids is 1. The lowest BCUT2D eigenvalue weighted by Crippen LogP contribution is -2.19. The van der Waals surface area contributed by atoms with Gasteiger partial charge in [-0.05, 0) is 48.5 Å². The van der Waals surface area contributed by atoms with Crippen LogP contribution in [0, 0.1) is 0 Å². The number of amides is 1. The maximum Gasteiger partial charge on any atom is 0.241 e. The first-order chi connectivity index (χ1) is 13.1. The summed E-state index contributed by atoms with van der Waals surface area (Å²) in [5, 5.41) is 7.24. The first-order valence-electron chi connectivity index (χ1n) is 8.34. The summed E-state index contributed by atoms with van der Waals surface area (Å²) < 4.78 is 7.21. The number of aryl methyl sites for hydroxylation is 1. The highest BCUT2D eigenvalue weighted by molar-refractivity contribution is 6.33. The van der Waals surface area contributed by atoms with Gasteiger partial charge in [0.25, 0.3) is 0 Å². The Hall–Kier alpha value is -2.76. The van der Waals surface area contributed by atoms with E-state index in [9.17, 15) is 4.79 Å². The van der Waals surface area contributed by atoms with Crippen molar-refractivity contribution < 1.29 is 9.21 Å². The number of rotatable bonds is 5. The van der Waals surface area contributed by atoms with Gasteiger partial charge in [0.05, 0.1) is 12.5 Å². The van der Waals surface area contributed by atoms with Gasteiger partial charge in [0.15, 0.2) is 0 Å². The van der Waals surface area contributed by atoms with Crippen LogP contribution in [0.2, 0.25) is 10.0 Å². The number of aromatic nitrogens is 1. The van der Waals surface area contributed by atoms with Gasteiger partial charge in [-0.15, -0.1) is 0 Å². The lowest BCUT2D eigenvalue weighted by molar-refractivity contribution is -0.121. The molecule has 0 aliphatic rings. The standard InChI is InChI=1S/C20H15Cl2N3O2/c21-13-3-5-18-16(10-13)17-11-14(22)4-6-19(17)25(18)8-7-20(26)24-23-12-15-2-1-9-27-15/h1-6,9-12H,7-8H2,(H,24,26). The van der Waals surface area contributed by atoms with Crippen LogP contribution in [-0.4, -0.2) is 16.7 Å². The Kier molecular flexibility index (Phi) is 4.88. The average Bonchev–Trinajstić information content (AvgIpc) is 3.26. The largest absolute Gasteiger partial charge is 0.463 e. The van der Waals surface area contributed by atoms with Crippen LogP contribution in [0.5, 0.6) is 0 Å². The van der Waals surface area contributed by atoms with Crippen molar-refractivity contribution in [3.05, 3.63) is 70.6 Å². The molecule has 2 aromatic heterocycles. The molecule has 4 rings (SSSR count). The van der Waals surface area contributed by atoms with Crippen LogP contribution in [0.3, 0.4) is 0 Å². The van der Waals surface area contributed by atoms with E-state index in [1.54, 1.807) is 18.4 Å². The second kappa shape index (κ2) is 7.47. The van der Waals surface area contributed by atoms with Crippen molar-refractivity contribution in [2.45, 2.75) is 13.0 Å². The third-order valence-corrected chi connectivity index (χ3v) is 4.75. The zero-order chi connectivity index (χ0) is 18.8. The van der Waals surface area contributed by atoms with Crippen molar-refractivity contribution in [3.8, 4) is 0 Å². The van der Waals surface area contributed by atoms with Gasteiger partial charge in [-0.25, -0.2) is 5.43 Å². The Bertz CT molecular complexity index is 1090. The number of nitrogens with zero attached hydrogens (tertiary/aromatic N) is 2. The van der Waals surface area contributed by atoms with Crippen molar-refractivity contribution in [2.75, 3.05) is 0 Å². The lowest BCUT2D eigenvalue weighted by Gasteiger charge is -2.07. The second-order valence-electron chi connectivity index (χ2n) is 6.03. The summed E-state index contributed by atoms with van der Waals surface area (Å²) in [7, 11) is 0. The van der Waals surface area contributed by atoms with Crippen LogP contribution in [-0.2, 0) is 11.3 Å². The van der Waals surface area contributed by atoms with E-state index in [1.807, 2.05) is 36.4 Å². The summed E-state index contributed by atoms with van der Waals surface area (Å²) in [6.45, 7) is 0.505. The van der Waals surface area contributed by atoms with Crippen LogP contribution in [0.1, 0.15) is 12.2 Å². The summed E-state index contributed by atoms with van der Waals surface area (Å²) in [5.74, 6) is 0.391. The van der Waals surface area contributed by atoms with Crippen LogP contribution in [0.25, 0.3) is 21.8 Å². The molecule has 0 unspecified atom stereocenters. The monoisotopic (exact) mass is 399 g/mol. The number of halogens is 2. The summed E-state index contributed by atoms with van der Waals surface area (Å²) in [6, 6.07) is 14.9. The van der Waals surface area contributed by atoms with E-state index in [4.69, 9.17) is 27.6 Å². The van der Waals surface area contributed by atoms with E-state index in [-0.39, 0.29) is 12.3 Å². The number of fused-ring (bicyclic) bond motifs is 3. The van der Waals surface area contributed by atoms with Crippen LogP contribution < -0.4 is 5.43 Å². The quantitative estimate of drug-likeness (QED) is 0.368. The molecular formula is C20H15Cl2N3O2. The summed E-state index contributed by atoms with van der Waals surface area (Å²) in [5.41, 5.74) is 4.52. The Morgan fingerprint density at radius 3 is 2.33 bits per heavy atom. The second-order valence-corrected chi connectivity index (χ2v) is 6.91. The fourth-order valence-corrected chi connectivity index (χ4v) is 3.44. The maximum absolute atomic E-state index is 12.1. The molecule has 0 aliphatic heterocycles. The molecule has 0 bridgehead atoms. The fraction of sp³-hybridized carbons (Fsp3) is 0.100. The van der Waals surface area contributed by atoms with E-state index >= 15 is 0 Å². The summed E-state index contributed by atoms with van der Waals surface area (Å²) in [4.78, 5) is 12.1. The molecule has 0 radical (unpaired) electrons. The molecule has 0 aliphatic carbocycles. The third-order valence-electron chi connectivity index (χ3n) is 4.28. The van der Waals surface area contributed by atoms with Crippen molar-refractivity contribution in [3.63, 3.8) is 0 Å². The predicted molar refractivity (Wildman–Crippen MR) is 109 cm³/mol. The molecule has 1 amide bonds. The topological polar surface area (TPSA) is 59.5 Å². The molecule has 0 saturated heterocycles. The molecule has 2 aromatic carbocycles. The van der Waals surface area contributed by atoms with Crippen LogP contribution >= 0.6 is 23.2 Å². The number of carbonyl (C=O) groups is 1. The molecule has 4 aromatic rings. The molecule has 0 saturated carbocycles. The van der Waals surface area contributed by atoms with Gasteiger partial charge in [0.2, 0.25) is 5.91 Å². The number of benzene rings is 2. The van der Waals surface area contributed by atoms with Crippen LogP contribution in [0.15, 0.2) is 64.3 Å². The molecule has 1 N–H and O–H groups in total. The average molecular weight is 400 g/mol. The first-order valence-corrected chi connectivity index (χ1v) is 9.10. The number of furan rings is 1. The van der Waals surface area contributed by atoms with E-state index in [0.717, 1.165) is 21.8 Å². The molecule has 0 spiro atoms. The summed E-state index contributed by atoms with van der Waals surface area (Å²) >= 11 is 12.3. The molecule has 0 fully saturated rings. The molecule has 0 atom stereocenters. The van der Waals surface area contributed by atoms with Crippen LogP contribution in [0.4, 0.5) is 0 Å². The van der Waals surface area contributed by atoms with Crippen molar-refractivity contribution in [1.82, 2.24) is 9.99 Å². The highest BCUT2D eigenvalue weighted by atomic mass is 35.5. The summed E-state index contributed by atoms with van der Waals surface area (Å²) in [6.07, 6.45) is 3.28. The molecule has 27 heavy (non-hydrogen) atoms. The van der Waals surface area contributed by atoms with Crippen molar-refractivity contribution in [2.24, 2.45) is 5.10 Å². The van der Waals surface area contributed by atoms with Crippen molar-refractivity contribution in [1.29, 1.82) is 0 Å².